The van der Waals surface area contributed by atoms with Crippen LogP contribution in [0.1, 0.15) is 40.0 Å². The van der Waals surface area contributed by atoms with E-state index >= 15 is 0 Å². The zero-order valence-electron chi connectivity index (χ0n) is 12.7. The number of hydrogen-bond donors (Lipinski definition) is 2. The number of carbonyl (C=O) groups is 1. The summed E-state index contributed by atoms with van der Waals surface area (Å²) >= 11 is 0. The third-order valence-corrected chi connectivity index (χ3v) is 5.50. The number of sulfonamides is 1. The Morgan fingerprint density at radius 3 is 2.55 bits per heavy atom. The molecule has 0 radical (unpaired) electrons. The minimum atomic E-state index is -3.12. The fraction of sp³-hybridized carbons (Fsp3) is 0.923. The minimum absolute atomic E-state index is 0.138. The number of hydrogen-bond acceptors (Lipinski definition) is 4. The molecule has 1 heterocycles. The molecule has 0 aromatic rings. The second-order valence-electron chi connectivity index (χ2n) is 6.23. The highest BCUT2D eigenvalue weighted by Gasteiger charge is 2.30. The molecule has 1 unspecified atom stereocenters. The molecule has 3 N–H and O–H groups in total. The van der Waals surface area contributed by atoms with Crippen molar-refractivity contribution in [2.24, 2.45) is 11.7 Å². The number of nitrogens with two attached hydrogens (primary N) is 1. The average molecular weight is 305 g/mol. The van der Waals surface area contributed by atoms with Gasteiger partial charge in [-0.05, 0) is 25.7 Å². The van der Waals surface area contributed by atoms with Gasteiger partial charge in [0.15, 0.2) is 0 Å². The van der Waals surface area contributed by atoms with Gasteiger partial charge in [0.25, 0.3) is 0 Å². The van der Waals surface area contributed by atoms with E-state index < -0.39 is 15.6 Å². The van der Waals surface area contributed by atoms with E-state index in [4.69, 9.17) is 5.73 Å². The highest BCUT2D eigenvalue weighted by molar-refractivity contribution is 7.89. The van der Waals surface area contributed by atoms with Gasteiger partial charge in [-0.2, -0.15) is 0 Å². The summed E-state index contributed by atoms with van der Waals surface area (Å²) in [6, 6.07) is 0. The summed E-state index contributed by atoms with van der Waals surface area (Å²) in [7, 11) is -3.12. The van der Waals surface area contributed by atoms with Gasteiger partial charge >= 0.3 is 0 Å². The molecule has 118 valence electrons. The van der Waals surface area contributed by atoms with Crippen molar-refractivity contribution >= 4 is 15.9 Å². The Morgan fingerprint density at radius 1 is 1.45 bits per heavy atom. The SMILES string of the molecule is CC(C)CC(C)(CN)NC(=O)CCN1CCCS1(=O)=O. The van der Waals surface area contributed by atoms with E-state index in [1.54, 1.807) is 0 Å². The molecule has 0 bridgehead atoms. The standard InChI is InChI=1S/C13H27N3O3S/c1-11(2)9-13(3,10-14)15-12(17)5-7-16-6-4-8-20(16,18)19/h11H,4-10,14H2,1-3H3,(H,15,17). The molecule has 1 rings (SSSR count). The second-order valence-corrected chi connectivity index (χ2v) is 8.32. The van der Waals surface area contributed by atoms with Crippen molar-refractivity contribution < 1.29 is 13.2 Å². The molecule has 20 heavy (non-hydrogen) atoms. The van der Waals surface area contributed by atoms with Crippen LogP contribution in [0, 0.1) is 5.92 Å². The van der Waals surface area contributed by atoms with Crippen molar-refractivity contribution in [1.82, 2.24) is 9.62 Å². The second kappa shape index (κ2) is 6.87. The van der Waals surface area contributed by atoms with E-state index in [0.717, 1.165) is 6.42 Å². The maximum atomic E-state index is 12.0. The molecular formula is C13H27N3O3S. The number of amides is 1. The van der Waals surface area contributed by atoms with Crippen molar-refractivity contribution in [3.05, 3.63) is 0 Å². The monoisotopic (exact) mass is 305 g/mol. The molecule has 1 amide bonds. The zero-order valence-corrected chi connectivity index (χ0v) is 13.5. The van der Waals surface area contributed by atoms with Crippen LogP contribution in [0.25, 0.3) is 0 Å². The highest BCUT2D eigenvalue weighted by atomic mass is 32.2. The van der Waals surface area contributed by atoms with Gasteiger partial charge in [0, 0.05) is 31.6 Å². The summed E-state index contributed by atoms with van der Waals surface area (Å²) in [4.78, 5) is 12.0. The van der Waals surface area contributed by atoms with Crippen molar-refractivity contribution in [1.29, 1.82) is 0 Å². The number of rotatable bonds is 7. The van der Waals surface area contributed by atoms with Crippen molar-refractivity contribution in [3.8, 4) is 0 Å². The third-order valence-electron chi connectivity index (χ3n) is 3.54. The van der Waals surface area contributed by atoms with E-state index in [9.17, 15) is 13.2 Å². The first-order valence-corrected chi connectivity index (χ1v) is 8.78. The zero-order chi connectivity index (χ0) is 15.4. The normalized spacial score (nSPS) is 21.9. The van der Waals surface area contributed by atoms with Crippen LogP contribution in [-0.2, 0) is 14.8 Å². The fourth-order valence-electron chi connectivity index (χ4n) is 2.65. The lowest BCUT2D eigenvalue weighted by Crippen LogP contribution is -2.52. The van der Waals surface area contributed by atoms with Crippen LogP contribution in [-0.4, -0.2) is 49.6 Å². The molecule has 0 aliphatic carbocycles. The summed E-state index contributed by atoms with van der Waals surface area (Å²) in [5, 5.41) is 2.94. The fourth-order valence-corrected chi connectivity index (χ4v) is 4.18. The third kappa shape index (κ3) is 5.03. The lowest BCUT2D eigenvalue weighted by Gasteiger charge is -2.31. The Kier molecular flexibility index (Phi) is 5.97. The smallest absolute Gasteiger partial charge is 0.221 e. The molecule has 1 aliphatic rings. The maximum absolute atomic E-state index is 12.0. The lowest BCUT2D eigenvalue weighted by atomic mass is 9.90. The molecule has 0 saturated carbocycles. The van der Waals surface area contributed by atoms with Crippen molar-refractivity contribution in [2.45, 2.75) is 45.6 Å². The topological polar surface area (TPSA) is 92.5 Å². The molecule has 6 nitrogen and oxygen atoms in total. The van der Waals surface area contributed by atoms with E-state index in [1.807, 2.05) is 6.92 Å². The predicted molar refractivity (Wildman–Crippen MR) is 79.7 cm³/mol. The van der Waals surface area contributed by atoms with Gasteiger partial charge in [-0.15, -0.1) is 0 Å². The van der Waals surface area contributed by atoms with Gasteiger partial charge in [-0.3, -0.25) is 4.79 Å². The lowest BCUT2D eigenvalue weighted by molar-refractivity contribution is -0.123. The molecule has 0 aromatic carbocycles. The molecule has 7 heteroatoms. The number of nitrogens with one attached hydrogen (secondary N) is 1. The van der Waals surface area contributed by atoms with E-state index in [0.29, 0.717) is 25.4 Å². The molecular weight excluding hydrogens is 278 g/mol. The Balaban J connectivity index is 2.47. The Hall–Kier alpha value is -0.660. The van der Waals surface area contributed by atoms with Crippen LogP contribution < -0.4 is 11.1 Å². The number of nitrogens with zero attached hydrogens (tertiary/aromatic N) is 1. The van der Waals surface area contributed by atoms with Gasteiger partial charge in [-0.1, -0.05) is 13.8 Å². The van der Waals surface area contributed by atoms with Crippen molar-refractivity contribution in [3.63, 3.8) is 0 Å². The molecule has 1 saturated heterocycles. The Bertz CT molecular complexity index is 436. The molecule has 1 atom stereocenters. The minimum Gasteiger partial charge on any atom is -0.350 e. The largest absolute Gasteiger partial charge is 0.350 e. The van der Waals surface area contributed by atoms with E-state index in [2.05, 4.69) is 19.2 Å². The highest BCUT2D eigenvalue weighted by Crippen LogP contribution is 2.16. The number of carbonyl (C=O) groups excluding carboxylic acids is 1. The molecule has 0 spiro atoms. The maximum Gasteiger partial charge on any atom is 0.221 e. The van der Waals surface area contributed by atoms with Gasteiger partial charge in [0.1, 0.15) is 0 Å². The first-order chi connectivity index (χ1) is 9.18. The first kappa shape index (κ1) is 17.4. The quantitative estimate of drug-likeness (QED) is 0.707. The Morgan fingerprint density at radius 2 is 2.10 bits per heavy atom. The van der Waals surface area contributed by atoms with E-state index in [1.165, 1.54) is 4.31 Å². The summed E-state index contributed by atoms with van der Waals surface area (Å²) in [6.45, 7) is 7.25. The van der Waals surface area contributed by atoms with Crippen LogP contribution in [0.4, 0.5) is 0 Å². The van der Waals surface area contributed by atoms with Gasteiger partial charge in [0.05, 0.1) is 5.75 Å². The Labute approximate surface area is 122 Å². The van der Waals surface area contributed by atoms with Crippen LogP contribution >= 0.6 is 0 Å². The van der Waals surface area contributed by atoms with Crippen molar-refractivity contribution in [2.75, 3.05) is 25.4 Å². The summed E-state index contributed by atoms with van der Waals surface area (Å²) < 4.78 is 24.7. The van der Waals surface area contributed by atoms with Crippen LogP contribution in [0.3, 0.4) is 0 Å². The summed E-state index contributed by atoms with van der Waals surface area (Å²) in [5.41, 5.74) is 5.32. The molecule has 0 aromatic heterocycles. The average Bonchev–Trinajstić information content (AvgIpc) is 2.64. The molecule has 1 aliphatic heterocycles. The van der Waals surface area contributed by atoms with Gasteiger partial charge in [-0.25, -0.2) is 12.7 Å². The first-order valence-electron chi connectivity index (χ1n) is 7.17. The summed E-state index contributed by atoms with van der Waals surface area (Å²) in [5.74, 6) is 0.492. The van der Waals surface area contributed by atoms with Gasteiger partial charge < -0.3 is 11.1 Å². The van der Waals surface area contributed by atoms with Gasteiger partial charge in [0.2, 0.25) is 15.9 Å². The summed E-state index contributed by atoms with van der Waals surface area (Å²) in [6.07, 6.45) is 1.64. The van der Waals surface area contributed by atoms with Crippen LogP contribution in [0.2, 0.25) is 0 Å². The van der Waals surface area contributed by atoms with Crippen LogP contribution in [0.5, 0.6) is 0 Å². The predicted octanol–water partition coefficient (Wildman–Crippen LogP) is 0.292. The molecule has 1 fully saturated rings. The van der Waals surface area contributed by atoms with E-state index in [-0.39, 0.29) is 24.6 Å². The van der Waals surface area contributed by atoms with Crippen LogP contribution in [0.15, 0.2) is 0 Å².